The molecule has 3 rings (SSSR count). The fourth-order valence-electron chi connectivity index (χ4n) is 2.37. The highest BCUT2D eigenvalue weighted by Gasteiger charge is 2.21. The summed E-state index contributed by atoms with van der Waals surface area (Å²) in [4.78, 5) is 4.59. The number of methoxy groups -OCH3 is 1. The summed E-state index contributed by atoms with van der Waals surface area (Å²) < 4.78 is 7.57. The van der Waals surface area contributed by atoms with E-state index < -0.39 is 0 Å². The summed E-state index contributed by atoms with van der Waals surface area (Å²) in [5.41, 5.74) is 1.12. The number of thioether (sulfide) groups is 1. The van der Waals surface area contributed by atoms with Gasteiger partial charge in [-0.3, -0.25) is 4.40 Å². The van der Waals surface area contributed by atoms with Crippen LogP contribution in [0, 0.1) is 0 Å². The Labute approximate surface area is 105 Å². The van der Waals surface area contributed by atoms with Crippen LogP contribution in [0.1, 0.15) is 30.3 Å². The summed E-state index contributed by atoms with van der Waals surface area (Å²) in [6.07, 6.45) is 5.80. The molecule has 1 saturated heterocycles. The lowest BCUT2D eigenvalue weighted by molar-refractivity contribution is 0.389. The summed E-state index contributed by atoms with van der Waals surface area (Å²) in [6, 6.07) is 6.08. The van der Waals surface area contributed by atoms with Gasteiger partial charge >= 0.3 is 0 Å². The molecule has 4 heteroatoms. The number of nitrogens with zero attached hydrogens (tertiary/aromatic N) is 2. The van der Waals surface area contributed by atoms with Crippen molar-refractivity contribution in [3.63, 3.8) is 0 Å². The van der Waals surface area contributed by atoms with Crippen molar-refractivity contribution >= 4 is 17.3 Å². The van der Waals surface area contributed by atoms with Crippen molar-refractivity contribution in [3.8, 4) is 5.88 Å². The Kier molecular flexibility index (Phi) is 2.97. The van der Waals surface area contributed by atoms with E-state index in [2.05, 4.69) is 15.5 Å². The first-order chi connectivity index (χ1) is 8.40. The van der Waals surface area contributed by atoms with Gasteiger partial charge in [0, 0.05) is 0 Å². The molecule has 0 saturated carbocycles. The third kappa shape index (κ3) is 1.90. The molecule has 0 amide bonds. The predicted octanol–water partition coefficient (Wildman–Crippen LogP) is 3.30. The Morgan fingerprint density at radius 2 is 2.35 bits per heavy atom. The molecule has 1 aliphatic heterocycles. The average molecular weight is 248 g/mol. The van der Waals surface area contributed by atoms with E-state index in [4.69, 9.17) is 4.74 Å². The van der Waals surface area contributed by atoms with Crippen LogP contribution in [-0.4, -0.2) is 22.2 Å². The lowest BCUT2D eigenvalue weighted by Crippen LogP contribution is -2.07. The molecule has 90 valence electrons. The number of fused-ring (bicyclic) bond motifs is 1. The molecule has 0 radical (unpaired) electrons. The number of imidazole rings is 1. The van der Waals surface area contributed by atoms with E-state index >= 15 is 0 Å². The van der Waals surface area contributed by atoms with E-state index in [1.165, 1.54) is 25.0 Å². The Hall–Kier alpha value is -1.16. The van der Waals surface area contributed by atoms with Crippen LogP contribution in [-0.2, 0) is 0 Å². The highest BCUT2D eigenvalue weighted by molar-refractivity contribution is 7.99. The van der Waals surface area contributed by atoms with E-state index in [-0.39, 0.29) is 0 Å². The van der Waals surface area contributed by atoms with Crippen LogP contribution < -0.4 is 4.74 Å². The summed E-state index contributed by atoms with van der Waals surface area (Å²) in [7, 11) is 1.71. The molecule has 0 N–H and O–H groups in total. The highest BCUT2D eigenvalue weighted by atomic mass is 32.2. The average Bonchev–Trinajstić information content (AvgIpc) is 2.83. The first-order valence-corrected chi connectivity index (χ1v) is 7.07. The molecule has 17 heavy (non-hydrogen) atoms. The fraction of sp³-hybridized carbons (Fsp3) is 0.462. The summed E-state index contributed by atoms with van der Waals surface area (Å²) in [6.45, 7) is 0. The zero-order valence-corrected chi connectivity index (χ0v) is 10.7. The summed E-state index contributed by atoms with van der Waals surface area (Å²) in [5, 5.41) is 0.516. The van der Waals surface area contributed by atoms with Crippen molar-refractivity contribution in [2.24, 2.45) is 0 Å². The van der Waals surface area contributed by atoms with Gasteiger partial charge in [0.05, 0.1) is 24.1 Å². The second kappa shape index (κ2) is 4.61. The molecule has 2 aromatic heterocycles. The monoisotopic (exact) mass is 248 g/mol. The van der Waals surface area contributed by atoms with Gasteiger partial charge in [-0.25, -0.2) is 4.98 Å². The Morgan fingerprint density at radius 3 is 3.12 bits per heavy atom. The second-order valence-electron chi connectivity index (χ2n) is 4.30. The zero-order valence-electron chi connectivity index (χ0n) is 9.93. The number of hydrogen-bond donors (Lipinski definition) is 0. The number of aromatic nitrogens is 2. The van der Waals surface area contributed by atoms with Gasteiger partial charge in [0.15, 0.2) is 5.88 Å². The fourth-order valence-corrected chi connectivity index (χ4v) is 3.68. The Bertz CT molecular complexity index is 517. The van der Waals surface area contributed by atoms with Crippen LogP contribution in [0.25, 0.3) is 5.52 Å². The smallest absolute Gasteiger partial charge is 0.199 e. The van der Waals surface area contributed by atoms with Crippen molar-refractivity contribution in [2.45, 2.75) is 24.5 Å². The normalized spacial score (nSPS) is 20.6. The molecule has 3 heterocycles. The SMILES string of the molecule is COc1cccc2cnc(C3CCCCS3)n12. The Morgan fingerprint density at radius 1 is 1.41 bits per heavy atom. The first kappa shape index (κ1) is 11.0. The Balaban J connectivity index is 2.09. The largest absolute Gasteiger partial charge is 0.482 e. The third-order valence-corrected chi connectivity index (χ3v) is 4.59. The molecule has 3 nitrogen and oxygen atoms in total. The number of ether oxygens (including phenoxy) is 1. The molecule has 1 aliphatic rings. The van der Waals surface area contributed by atoms with Crippen LogP contribution in [0.5, 0.6) is 5.88 Å². The third-order valence-electron chi connectivity index (χ3n) is 3.22. The number of rotatable bonds is 2. The van der Waals surface area contributed by atoms with Crippen LogP contribution in [0.2, 0.25) is 0 Å². The van der Waals surface area contributed by atoms with Gasteiger partial charge in [-0.05, 0) is 30.7 Å². The lowest BCUT2D eigenvalue weighted by Gasteiger charge is -2.20. The van der Waals surface area contributed by atoms with Gasteiger partial charge in [-0.1, -0.05) is 12.5 Å². The first-order valence-electron chi connectivity index (χ1n) is 6.02. The van der Waals surface area contributed by atoms with E-state index in [1.807, 2.05) is 30.1 Å². The van der Waals surface area contributed by atoms with E-state index in [0.717, 1.165) is 17.2 Å². The van der Waals surface area contributed by atoms with Crippen molar-refractivity contribution < 1.29 is 4.74 Å². The maximum atomic E-state index is 5.43. The topological polar surface area (TPSA) is 26.5 Å². The number of pyridine rings is 1. The van der Waals surface area contributed by atoms with E-state index in [1.54, 1.807) is 7.11 Å². The van der Waals surface area contributed by atoms with Crippen molar-refractivity contribution in [2.75, 3.05) is 12.9 Å². The molecular formula is C13H16N2OS. The minimum atomic E-state index is 0.516. The van der Waals surface area contributed by atoms with Gasteiger partial charge in [0.1, 0.15) is 5.82 Å². The molecule has 0 spiro atoms. The van der Waals surface area contributed by atoms with E-state index in [0.29, 0.717) is 5.25 Å². The molecule has 2 aromatic rings. The van der Waals surface area contributed by atoms with Crippen LogP contribution >= 0.6 is 11.8 Å². The highest BCUT2D eigenvalue weighted by Crippen LogP contribution is 2.38. The lowest BCUT2D eigenvalue weighted by atomic mass is 10.2. The molecule has 1 unspecified atom stereocenters. The van der Waals surface area contributed by atoms with Gasteiger partial charge in [0.25, 0.3) is 0 Å². The van der Waals surface area contributed by atoms with Crippen molar-refractivity contribution in [1.29, 1.82) is 0 Å². The minimum absolute atomic E-state index is 0.516. The maximum Gasteiger partial charge on any atom is 0.199 e. The molecule has 0 aromatic carbocycles. The number of hydrogen-bond acceptors (Lipinski definition) is 3. The molecule has 0 aliphatic carbocycles. The minimum Gasteiger partial charge on any atom is -0.482 e. The standard InChI is InChI=1S/C13H16N2OS/c1-16-12-7-4-5-10-9-14-13(15(10)12)11-6-2-3-8-17-11/h4-5,7,9,11H,2-3,6,8H2,1H3. The van der Waals surface area contributed by atoms with Crippen LogP contribution in [0.15, 0.2) is 24.4 Å². The predicted molar refractivity (Wildman–Crippen MR) is 70.8 cm³/mol. The molecule has 1 atom stereocenters. The summed E-state index contributed by atoms with van der Waals surface area (Å²) >= 11 is 2.02. The van der Waals surface area contributed by atoms with Crippen LogP contribution in [0.3, 0.4) is 0 Å². The molecular weight excluding hydrogens is 232 g/mol. The van der Waals surface area contributed by atoms with Gasteiger partial charge in [0.2, 0.25) is 0 Å². The van der Waals surface area contributed by atoms with Crippen molar-refractivity contribution in [3.05, 3.63) is 30.2 Å². The van der Waals surface area contributed by atoms with Gasteiger partial charge in [-0.2, -0.15) is 11.8 Å². The molecule has 0 bridgehead atoms. The van der Waals surface area contributed by atoms with Crippen molar-refractivity contribution in [1.82, 2.24) is 9.38 Å². The maximum absolute atomic E-state index is 5.43. The van der Waals surface area contributed by atoms with Crippen LogP contribution in [0.4, 0.5) is 0 Å². The summed E-state index contributed by atoms with van der Waals surface area (Å²) in [5.74, 6) is 3.26. The van der Waals surface area contributed by atoms with Gasteiger partial charge in [-0.15, -0.1) is 0 Å². The quantitative estimate of drug-likeness (QED) is 0.815. The molecule has 1 fully saturated rings. The van der Waals surface area contributed by atoms with E-state index in [9.17, 15) is 0 Å². The zero-order chi connectivity index (χ0) is 11.7. The van der Waals surface area contributed by atoms with Gasteiger partial charge < -0.3 is 4.74 Å². The second-order valence-corrected chi connectivity index (χ2v) is 5.61.